The standard InChI is InChI=1S/C12H15BrN2O3/c1-18-11-8-9(2-3-10(11)13)14-4-6-15(7-5-14)12(16)17/h2-3,8H,4-7H2,1H3,(H,16,17). The van der Waals surface area contributed by atoms with Gasteiger partial charge in [-0.25, -0.2) is 4.79 Å². The van der Waals surface area contributed by atoms with Crippen molar-refractivity contribution in [1.82, 2.24) is 4.90 Å². The van der Waals surface area contributed by atoms with Crippen LogP contribution in [0.1, 0.15) is 0 Å². The smallest absolute Gasteiger partial charge is 0.407 e. The fraction of sp³-hybridized carbons (Fsp3) is 0.417. The Bertz CT molecular complexity index is 445. The van der Waals surface area contributed by atoms with E-state index in [1.807, 2.05) is 18.2 Å². The fourth-order valence-corrected chi connectivity index (χ4v) is 2.41. The van der Waals surface area contributed by atoms with Gasteiger partial charge in [-0.1, -0.05) is 0 Å². The highest BCUT2D eigenvalue weighted by Gasteiger charge is 2.20. The topological polar surface area (TPSA) is 53.0 Å². The number of nitrogens with zero attached hydrogens (tertiary/aromatic N) is 2. The number of hydrogen-bond acceptors (Lipinski definition) is 3. The Hall–Kier alpha value is -1.43. The lowest BCUT2D eigenvalue weighted by molar-refractivity contribution is 0.142. The van der Waals surface area contributed by atoms with Crippen LogP contribution < -0.4 is 9.64 Å². The number of benzene rings is 1. The Morgan fingerprint density at radius 3 is 2.56 bits per heavy atom. The molecule has 5 nitrogen and oxygen atoms in total. The van der Waals surface area contributed by atoms with E-state index in [1.54, 1.807) is 7.11 Å². The SMILES string of the molecule is COc1cc(N2CCN(C(=O)O)CC2)ccc1Br. The predicted molar refractivity (Wildman–Crippen MR) is 72.5 cm³/mol. The summed E-state index contributed by atoms with van der Waals surface area (Å²) in [6, 6.07) is 5.90. The van der Waals surface area contributed by atoms with Gasteiger partial charge >= 0.3 is 6.09 Å². The van der Waals surface area contributed by atoms with Crippen LogP contribution in [0.25, 0.3) is 0 Å². The van der Waals surface area contributed by atoms with Crippen LogP contribution >= 0.6 is 15.9 Å². The van der Waals surface area contributed by atoms with Crippen LogP contribution in [0.2, 0.25) is 0 Å². The lowest BCUT2D eigenvalue weighted by Crippen LogP contribution is -2.48. The maximum Gasteiger partial charge on any atom is 0.407 e. The van der Waals surface area contributed by atoms with Crippen LogP contribution in [0.15, 0.2) is 22.7 Å². The van der Waals surface area contributed by atoms with Crippen molar-refractivity contribution >= 4 is 27.7 Å². The van der Waals surface area contributed by atoms with Gasteiger partial charge in [0.2, 0.25) is 0 Å². The molecule has 18 heavy (non-hydrogen) atoms. The van der Waals surface area contributed by atoms with Gasteiger partial charge in [0.15, 0.2) is 0 Å². The molecule has 98 valence electrons. The normalized spacial score (nSPS) is 15.7. The molecule has 0 unspecified atom stereocenters. The minimum atomic E-state index is -0.844. The van der Waals surface area contributed by atoms with E-state index in [4.69, 9.17) is 9.84 Å². The maximum atomic E-state index is 10.8. The van der Waals surface area contributed by atoms with Crippen LogP contribution in [-0.4, -0.2) is 49.4 Å². The second-order valence-electron chi connectivity index (χ2n) is 4.08. The first kappa shape index (κ1) is 13.0. The number of carboxylic acid groups (broad SMARTS) is 1. The number of hydrogen-bond donors (Lipinski definition) is 1. The van der Waals surface area contributed by atoms with E-state index in [-0.39, 0.29) is 0 Å². The van der Waals surface area contributed by atoms with Crippen molar-refractivity contribution in [3.63, 3.8) is 0 Å². The second-order valence-corrected chi connectivity index (χ2v) is 4.93. The van der Waals surface area contributed by atoms with Crippen LogP contribution in [-0.2, 0) is 0 Å². The molecule has 0 spiro atoms. The Morgan fingerprint density at radius 2 is 2.00 bits per heavy atom. The molecule has 6 heteroatoms. The average molecular weight is 315 g/mol. The number of halogens is 1. The third-order valence-corrected chi connectivity index (χ3v) is 3.71. The Balaban J connectivity index is 2.07. The molecule has 1 fully saturated rings. The summed E-state index contributed by atoms with van der Waals surface area (Å²) in [5.74, 6) is 0.785. The molecule has 1 amide bonds. The number of ether oxygens (including phenoxy) is 1. The number of piperazine rings is 1. The summed E-state index contributed by atoms with van der Waals surface area (Å²) in [6.45, 7) is 2.48. The van der Waals surface area contributed by atoms with Crippen LogP contribution in [0, 0.1) is 0 Å². The zero-order chi connectivity index (χ0) is 13.1. The molecule has 1 aromatic carbocycles. The van der Waals surface area contributed by atoms with Crippen molar-refractivity contribution in [2.24, 2.45) is 0 Å². The number of carbonyl (C=O) groups is 1. The molecule has 1 aromatic rings. The number of anilines is 1. The molecule has 1 aliphatic heterocycles. The summed E-state index contributed by atoms with van der Waals surface area (Å²) in [4.78, 5) is 14.4. The summed E-state index contributed by atoms with van der Waals surface area (Å²) >= 11 is 3.41. The zero-order valence-electron chi connectivity index (χ0n) is 10.1. The third-order valence-electron chi connectivity index (χ3n) is 3.05. The van der Waals surface area contributed by atoms with E-state index in [1.165, 1.54) is 4.90 Å². The third kappa shape index (κ3) is 2.69. The first-order valence-corrected chi connectivity index (χ1v) is 6.47. The van der Waals surface area contributed by atoms with Gasteiger partial charge in [0, 0.05) is 37.9 Å². The van der Waals surface area contributed by atoms with Gasteiger partial charge < -0.3 is 19.6 Å². The highest BCUT2D eigenvalue weighted by molar-refractivity contribution is 9.10. The quantitative estimate of drug-likeness (QED) is 0.909. The first-order chi connectivity index (χ1) is 8.61. The Labute approximate surface area is 114 Å². The van der Waals surface area contributed by atoms with E-state index in [0.717, 1.165) is 15.9 Å². The molecule has 1 saturated heterocycles. The first-order valence-electron chi connectivity index (χ1n) is 5.68. The monoisotopic (exact) mass is 314 g/mol. The molecule has 0 saturated carbocycles. The molecular formula is C12H15BrN2O3. The molecule has 0 radical (unpaired) electrons. The molecule has 1 N–H and O–H groups in total. The van der Waals surface area contributed by atoms with Crippen molar-refractivity contribution < 1.29 is 14.6 Å². The van der Waals surface area contributed by atoms with Crippen molar-refractivity contribution in [2.75, 3.05) is 38.2 Å². The highest BCUT2D eigenvalue weighted by atomic mass is 79.9. The number of methoxy groups -OCH3 is 1. The van der Waals surface area contributed by atoms with Crippen molar-refractivity contribution in [1.29, 1.82) is 0 Å². The highest BCUT2D eigenvalue weighted by Crippen LogP contribution is 2.30. The number of amides is 1. The van der Waals surface area contributed by atoms with E-state index in [9.17, 15) is 4.79 Å². The van der Waals surface area contributed by atoms with E-state index in [2.05, 4.69) is 20.8 Å². The van der Waals surface area contributed by atoms with E-state index in [0.29, 0.717) is 26.2 Å². The average Bonchev–Trinajstić information content (AvgIpc) is 2.39. The molecule has 0 atom stereocenters. The fourth-order valence-electron chi connectivity index (χ4n) is 2.00. The molecule has 0 aromatic heterocycles. The second kappa shape index (κ2) is 5.48. The van der Waals surface area contributed by atoms with Crippen LogP contribution in [0.3, 0.4) is 0 Å². The molecule has 1 aliphatic rings. The van der Waals surface area contributed by atoms with Gasteiger partial charge in [-0.2, -0.15) is 0 Å². The minimum absolute atomic E-state index is 0.535. The summed E-state index contributed by atoms with van der Waals surface area (Å²) < 4.78 is 6.17. The summed E-state index contributed by atoms with van der Waals surface area (Å²) in [5.41, 5.74) is 1.06. The Morgan fingerprint density at radius 1 is 1.33 bits per heavy atom. The van der Waals surface area contributed by atoms with Crippen molar-refractivity contribution in [3.05, 3.63) is 22.7 Å². The summed E-state index contributed by atoms with van der Waals surface area (Å²) in [5, 5.41) is 8.89. The Kier molecular flexibility index (Phi) is 3.96. The molecule has 2 rings (SSSR count). The van der Waals surface area contributed by atoms with Gasteiger partial charge in [0.1, 0.15) is 5.75 Å². The summed E-state index contributed by atoms with van der Waals surface area (Å²) in [7, 11) is 1.63. The van der Waals surface area contributed by atoms with Crippen molar-refractivity contribution in [2.45, 2.75) is 0 Å². The zero-order valence-corrected chi connectivity index (χ0v) is 11.7. The van der Waals surface area contributed by atoms with Crippen molar-refractivity contribution in [3.8, 4) is 5.75 Å². The minimum Gasteiger partial charge on any atom is -0.495 e. The van der Waals surface area contributed by atoms with E-state index >= 15 is 0 Å². The molecule has 0 aliphatic carbocycles. The lowest BCUT2D eigenvalue weighted by atomic mass is 10.2. The van der Waals surface area contributed by atoms with Gasteiger partial charge in [-0.3, -0.25) is 0 Å². The van der Waals surface area contributed by atoms with Gasteiger partial charge in [0.25, 0.3) is 0 Å². The molecule has 0 bridgehead atoms. The van der Waals surface area contributed by atoms with Crippen LogP contribution in [0.4, 0.5) is 10.5 Å². The lowest BCUT2D eigenvalue weighted by Gasteiger charge is -2.34. The van der Waals surface area contributed by atoms with E-state index < -0.39 is 6.09 Å². The number of rotatable bonds is 2. The maximum absolute atomic E-state index is 10.8. The van der Waals surface area contributed by atoms with Gasteiger partial charge in [-0.05, 0) is 28.1 Å². The molecule has 1 heterocycles. The van der Waals surface area contributed by atoms with Crippen LogP contribution in [0.5, 0.6) is 5.75 Å². The van der Waals surface area contributed by atoms with Gasteiger partial charge in [0.05, 0.1) is 11.6 Å². The molecular weight excluding hydrogens is 300 g/mol. The largest absolute Gasteiger partial charge is 0.495 e. The predicted octanol–water partition coefficient (Wildman–Crippen LogP) is 2.26. The van der Waals surface area contributed by atoms with Gasteiger partial charge in [-0.15, -0.1) is 0 Å². The summed E-state index contributed by atoms with van der Waals surface area (Å²) in [6.07, 6.45) is -0.844.